The first-order valence-corrected chi connectivity index (χ1v) is 5.22. The average molecular weight is 222 g/mol. The van der Waals surface area contributed by atoms with Crippen molar-refractivity contribution in [3.05, 3.63) is 29.8 Å². The van der Waals surface area contributed by atoms with Crippen LogP contribution in [0.3, 0.4) is 0 Å². The third-order valence-corrected chi connectivity index (χ3v) is 2.26. The van der Waals surface area contributed by atoms with Crippen LogP contribution in [0.25, 0.3) is 0 Å². The molecule has 0 unspecified atom stereocenters. The molecule has 0 heterocycles. The summed E-state index contributed by atoms with van der Waals surface area (Å²) in [5.74, 6) is 0.0736. The molecule has 0 saturated heterocycles. The van der Waals surface area contributed by atoms with E-state index in [2.05, 4.69) is 5.32 Å². The summed E-state index contributed by atoms with van der Waals surface area (Å²) in [4.78, 5) is 11.6. The molecule has 4 N–H and O–H groups in total. The van der Waals surface area contributed by atoms with Gasteiger partial charge >= 0.3 is 0 Å². The molecule has 1 aromatic carbocycles. The summed E-state index contributed by atoms with van der Waals surface area (Å²) in [6, 6.07) is 6.67. The fourth-order valence-electron chi connectivity index (χ4n) is 1.32. The number of nitrogens with two attached hydrogens (primary N) is 1. The average Bonchev–Trinajstić information content (AvgIpc) is 2.16. The van der Waals surface area contributed by atoms with E-state index in [9.17, 15) is 9.90 Å². The number of aromatic hydroxyl groups is 1. The maximum Gasteiger partial charge on any atom is 0.224 e. The van der Waals surface area contributed by atoms with Crippen LogP contribution in [0.1, 0.15) is 19.4 Å². The molecule has 0 spiro atoms. The number of carbonyl (C=O) groups is 1. The number of phenolic OH excluding ortho intramolecular Hbond substituents is 1. The van der Waals surface area contributed by atoms with Gasteiger partial charge in [0.2, 0.25) is 5.91 Å². The summed E-state index contributed by atoms with van der Waals surface area (Å²) < 4.78 is 0. The standard InChI is InChI=1S/C12H18N2O2/c1-12(2,8-13)14-11(16)7-9-4-3-5-10(15)6-9/h3-6,15H,7-8,13H2,1-2H3,(H,14,16). The number of nitrogens with one attached hydrogen (secondary N) is 1. The minimum absolute atomic E-state index is 0.0962. The van der Waals surface area contributed by atoms with Gasteiger partial charge in [-0.15, -0.1) is 0 Å². The van der Waals surface area contributed by atoms with E-state index in [1.54, 1.807) is 24.3 Å². The Labute approximate surface area is 95.5 Å². The maximum atomic E-state index is 11.6. The second-order valence-corrected chi connectivity index (χ2v) is 4.48. The quantitative estimate of drug-likeness (QED) is 0.705. The van der Waals surface area contributed by atoms with Crippen LogP contribution in [-0.4, -0.2) is 23.1 Å². The van der Waals surface area contributed by atoms with Crippen molar-refractivity contribution in [2.45, 2.75) is 25.8 Å². The smallest absolute Gasteiger partial charge is 0.224 e. The first-order valence-electron chi connectivity index (χ1n) is 5.22. The lowest BCUT2D eigenvalue weighted by Crippen LogP contribution is -2.49. The van der Waals surface area contributed by atoms with Crippen LogP contribution >= 0.6 is 0 Å². The van der Waals surface area contributed by atoms with E-state index in [0.717, 1.165) is 5.56 Å². The van der Waals surface area contributed by atoms with Gasteiger partial charge in [0.25, 0.3) is 0 Å². The minimum Gasteiger partial charge on any atom is -0.508 e. The molecular formula is C12H18N2O2. The molecule has 0 bridgehead atoms. The lowest BCUT2D eigenvalue weighted by atomic mass is 10.0. The fourth-order valence-corrected chi connectivity index (χ4v) is 1.32. The molecule has 1 rings (SSSR count). The molecule has 0 aliphatic rings. The molecule has 88 valence electrons. The summed E-state index contributed by atoms with van der Waals surface area (Å²) in [6.45, 7) is 4.12. The van der Waals surface area contributed by atoms with Gasteiger partial charge in [-0.3, -0.25) is 4.79 Å². The fraction of sp³-hybridized carbons (Fsp3) is 0.417. The minimum atomic E-state index is -0.395. The molecule has 0 fully saturated rings. The van der Waals surface area contributed by atoms with Gasteiger partial charge in [-0.05, 0) is 31.5 Å². The van der Waals surface area contributed by atoms with Crippen LogP contribution < -0.4 is 11.1 Å². The predicted molar refractivity (Wildman–Crippen MR) is 63.1 cm³/mol. The molecule has 0 radical (unpaired) electrons. The van der Waals surface area contributed by atoms with Gasteiger partial charge in [-0.25, -0.2) is 0 Å². The largest absolute Gasteiger partial charge is 0.508 e. The predicted octanol–water partition coefficient (Wildman–Crippen LogP) is 0.788. The van der Waals surface area contributed by atoms with Crippen molar-refractivity contribution in [1.29, 1.82) is 0 Å². The highest BCUT2D eigenvalue weighted by atomic mass is 16.3. The Kier molecular flexibility index (Phi) is 3.90. The van der Waals surface area contributed by atoms with E-state index < -0.39 is 5.54 Å². The van der Waals surface area contributed by atoms with Gasteiger partial charge in [-0.2, -0.15) is 0 Å². The molecule has 0 saturated carbocycles. The molecule has 0 aromatic heterocycles. The Morgan fingerprint density at radius 2 is 2.19 bits per heavy atom. The maximum absolute atomic E-state index is 11.6. The number of phenols is 1. The van der Waals surface area contributed by atoms with E-state index in [1.807, 2.05) is 13.8 Å². The summed E-state index contributed by atoms with van der Waals surface area (Å²) >= 11 is 0. The van der Waals surface area contributed by atoms with Crippen LogP contribution in [0.2, 0.25) is 0 Å². The van der Waals surface area contributed by atoms with Gasteiger partial charge in [0.05, 0.1) is 6.42 Å². The molecule has 0 aliphatic carbocycles. The summed E-state index contributed by atoms with van der Waals surface area (Å²) in [5.41, 5.74) is 5.91. The molecule has 4 heteroatoms. The molecule has 16 heavy (non-hydrogen) atoms. The van der Waals surface area contributed by atoms with E-state index in [1.165, 1.54) is 0 Å². The van der Waals surface area contributed by atoms with E-state index in [-0.39, 0.29) is 18.1 Å². The third-order valence-electron chi connectivity index (χ3n) is 2.26. The van der Waals surface area contributed by atoms with Crippen molar-refractivity contribution in [3.63, 3.8) is 0 Å². The van der Waals surface area contributed by atoms with Gasteiger partial charge in [0.1, 0.15) is 5.75 Å². The zero-order valence-corrected chi connectivity index (χ0v) is 9.66. The van der Waals surface area contributed by atoms with Gasteiger partial charge in [0, 0.05) is 12.1 Å². The van der Waals surface area contributed by atoms with Gasteiger partial charge < -0.3 is 16.2 Å². The lowest BCUT2D eigenvalue weighted by Gasteiger charge is -2.24. The Balaban J connectivity index is 2.59. The number of rotatable bonds is 4. The van der Waals surface area contributed by atoms with Gasteiger partial charge in [0.15, 0.2) is 0 Å². The highest BCUT2D eigenvalue weighted by Gasteiger charge is 2.18. The molecular weight excluding hydrogens is 204 g/mol. The molecule has 1 aromatic rings. The van der Waals surface area contributed by atoms with Crippen molar-refractivity contribution in [2.75, 3.05) is 6.54 Å². The van der Waals surface area contributed by atoms with Crippen LogP contribution in [0, 0.1) is 0 Å². The molecule has 0 aliphatic heterocycles. The SMILES string of the molecule is CC(C)(CN)NC(=O)Cc1cccc(O)c1. The van der Waals surface area contributed by atoms with Crippen LogP contribution in [0.15, 0.2) is 24.3 Å². The third kappa shape index (κ3) is 3.90. The first kappa shape index (κ1) is 12.5. The van der Waals surface area contributed by atoms with Crippen LogP contribution in [-0.2, 0) is 11.2 Å². The Morgan fingerprint density at radius 1 is 1.50 bits per heavy atom. The Hall–Kier alpha value is -1.55. The number of carbonyl (C=O) groups excluding carboxylic acids is 1. The summed E-state index contributed by atoms with van der Waals surface area (Å²) in [7, 11) is 0. The van der Waals surface area contributed by atoms with E-state index in [0.29, 0.717) is 6.54 Å². The second-order valence-electron chi connectivity index (χ2n) is 4.48. The van der Waals surface area contributed by atoms with Crippen molar-refractivity contribution in [1.82, 2.24) is 5.32 Å². The van der Waals surface area contributed by atoms with Crippen molar-refractivity contribution >= 4 is 5.91 Å². The Bertz CT molecular complexity index is 375. The summed E-state index contributed by atoms with van der Waals surface area (Å²) in [6.07, 6.45) is 0.248. The van der Waals surface area contributed by atoms with Crippen molar-refractivity contribution in [3.8, 4) is 5.75 Å². The van der Waals surface area contributed by atoms with Crippen molar-refractivity contribution in [2.24, 2.45) is 5.73 Å². The monoisotopic (exact) mass is 222 g/mol. The normalized spacial score (nSPS) is 11.2. The highest BCUT2D eigenvalue weighted by molar-refractivity contribution is 5.79. The Morgan fingerprint density at radius 3 is 2.75 bits per heavy atom. The van der Waals surface area contributed by atoms with Crippen LogP contribution in [0.4, 0.5) is 0 Å². The zero-order valence-electron chi connectivity index (χ0n) is 9.66. The lowest BCUT2D eigenvalue weighted by molar-refractivity contribution is -0.121. The topological polar surface area (TPSA) is 75.3 Å². The summed E-state index contributed by atoms with van der Waals surface area (Å²) in [5, 5.41) is 12.1. The van der Waals surface area contributed by atoms with E-state index >= 15 is 0 Å². The number of hydrogen-bond acceptors (Lipinski definition) is 3. The first-order chi connectivity index (χ1) is 7.43. The molecule has 0 atom stereocenters. The number of hydrogen-bond donors (Lipinski definition) is 3. The molecule has 1 amide bonds. The number of amides is 1. The highest BCUT2D eigenvalue weighted by Crippen LogP contribution is 2.11. The molecule has 4 nitrogen and oxygen atoms in total. The van der Waals surface area contributed by atoms with Crippen molar-refractivity contribution < 1.29 is 9.90 Å². The zero-order chi connectivity index (χ0) is 12.2. The van der Waals surface area contributed by atoms with Crippen LogP contribution in [0.5, 0.6) is 5.75 Å². The number of benzene rings is 1. The van der Waals surface area contributed by atoms with E-state index in [4.69, 9.17) is 5.73 Å². The van der Waals surface area contributed by atoms with Gasteiger partial charge in [-0.1, -0.05) is 12.1 Å². The second kappa shape index (κ2) is 4.99.